The van der Waals surface area contributed by atoms with Gasteiger partial charge in [-0.25, -0.2) is 0 Å². The molecule has 0 spiro atoms. The van der Waals surface area contributed by atoms with Crippen LogP contribution in [0.3, 0.4) is 0 Å². The van der Waals surface area contributed by atoms with E-state index in [-0.39, 0.29) is 29.6 Å². The third-order valence-electron chi connectivity index (χ3n) is 4.70. The van der Waals surface area contributed by atoms with Crippen molar-refractivity contribution in [3.8, 4) is 11.5 Å². The SMILES string of the molecule is Nc1nc(N)nc(SCC(=O)N2CCC[C@@H]2c2ccc3c(c2)OCCCO3)n1. The quantitative estimate of drug-likeness (QED) is 0.733. The van der Waals surface area contributed by atoms with E-state index in [1.54, 1.807) is 0 Å². The summed E-state index contributed by atoms with van der Waals surface area (Å²) in [6.07, 6.45) is 2.74. The van der Waals surface area contributed by atoms with Gasteiger partial charge in [0.05, 0.1) is 25.0 Å². The van der Waals surface area contributed by atoms with E-state index in [9.17, 15) is 4.79 Å². The van der Waals surface area contributed by atoms with Crippen LogP contribution in [-0.4, -0.2) is 51.3 Å². The first-order valence-electron chi connectivity index (χ1n) is 9.19. The van der Waals surface area contributed by atoms with E-state index < -0.39 is 0 Å². The van der Waals surface area contributed by atoms with Crippen LogP contribution in [0.5, 0.6) is 11.5 Å². The van der Waals surface area contributed by atoms with E-state index in [0.29, 0.717) is 18.4 Å². The number of amides is 1. The third kappa shape index (κ3) is 4.06. The summed E-state index contributed by atoms with van der Waals surface area (Å²) in [6.45, 7) is 2.02. The number of rotatable bonds is 4. The maximum atomic E-state index is 12.8. The summed E-state index contributed by atoms with van der Waals surface area (Å²) < 4.78 is 11.5. The van der Waals surface area contributed by atoms with E-state index in [4.69, 9.17) is 20.9 Å². The van der Waals surface area contributed by atoms with Gasteiger partial charge in [-0.05, 0) is 30.5 Å². The Balaban J connectivity index is 1.45. The maximum absolute atomic E-state index is 12.8. The Bertz CT molecular complexity index is 860. The van der Waals surface area contributed by atoms with E-state index in [0.717, 1.165) is 42.9 Å². The number of aromatic nitrogens is 3. The zero-order chi connectivity index (χ0) is 19.5. The molecule has 3 heterocycles. The van der Waals surface area contributed by atoms with Gasteiger partial charge in [0.25, 0.3) is 0 Å². The van der Waals surface area contributed by atoms with Gasteiger partial charge in [-0.1, -0.05) is 17.8 Å². The Kier molecular flexibility index (Phi) is 5.38. The fourth-order valence-electron chi connectivity index (χ4n) is 3.46. The molecule has 1 aromatic heterocycles. The van der Waals surface area contributed by atoms with Gasteiger partial charge in [-0.2, -0.15) is 15.0 Å². The summed E-state index contributed by atoms with van der Waals surface area (Å²) in [4.78, 5) is 26.5. The number of nitrogen functional groups attached to an aromatic ring is 2. The maximum Gasteiger partial charge on any atom is 0.233 e. The number of carbonyl (C=O) groups excluding carboxylic acids is 1. The van der Waals surface area contributed by atoms with Crippen molar-refractivity contribution in [3.63, 3.8) is 0 Å². The van der Waals surface area contributed by atoms with Crippen molar-refractivity contribution in [1.29, 1.82) is 0 Å². The monoisotopic (exact) mass is 402 g/mol. The molecule has 2 aliphatic heterocycles. The van der Waals surface area contributed by atoms with Crippen molar-refractivity contribution in [2.45, 2.75) is 30.5 Å². The zero-order valence-electron chi connectivity index (χ0n) is 15.3. The molecule has 9 nitrogen and oxygen atoms in total. The molecule has 0 unspecified atom stereocenters. The van der Waals surface area contributed by atoms with Crippen molar-refractivity contribution in [2.24, 2.45) is 0 Å². The second-order valence-electron chi connectivity index (χ2n) is 6.62. The molecule has 1 aromatic carbocycles. The van der Waals surface area contributed by atoms with Crippen LogP contribution < -0.4 is 20.9 Å². The van der Waals surface area contributed by atoms with Crippen molar-refractivity contribution in [1.82, 2.24) is 19.9 Å². The number of carbonyl (C=O) groups is 1. The Labute approximate surface area is 166 Å². The number of ether oxygens (including phenoxy) is 2. The van der Waals surface area contributed by atoms with Gasteiger partial charge in [0, 0.05) is 13.0 Å². The highest BCUT2D eigenvalue weighted by molar-refractivity contribution is 7.99. The molecule has 4 rings (SSSR count). The smallest absolute Gasteiger partial charge is 0.233 e. The van der Waals surface area contributed by atoms with Gasteiger partial charge < -0.3 is 25.8 Å². The Hall–Kier alpha value is -2.75. The molecule has 1 atom stereocenters. The summed E-state index contributed by atoms with van der Waals surface area (Å²) >= 11 is 1.21. The Morgan fingerprint density at radius 2 is 1.86 bits per heavy atom. The van der Waals surface area contributed by atoms with Crippen LogP contribution in [0.25, 0.3) is 0 Å². The van der Waals surface area contributed by atoms with Gasteiger partial charge in [0.2, 0.25) is 17.8 Å². The molecule has 1 saturated heterocycles. The lowest BCUT2D eigenvalue weighted by atomic mass is 10.0. The van der Waals surface area contributed by atoms with Crippen LogP contribution in [0.2, 0.25) is 0 Å². The minimum atomic E-state index is 0.0252. The molecule has 1 fully saturated rings. The molecular formula is C18H22N6O3S. The summed E-state index contributed by atoms with van der Waals surface area (Å²) in [5.74, 6) is 1.85. The first-order valence-corrected chi connectivity index (χ1v) is 10.2. The predicted molar refractivity (Wildman–Crippen MR) is 105 cm³/mol. The van der Waals surface area contributed by atoms with Gasteiger partial charge in [0.15, 0.2) is 16.7 Å². The zero-order valence-corrected chi connectivity index (χ0v) is 16.2. The van der Waals surface area contributed by atoms with Gasteiger partial charge in [-0.3, -0.25) is 4.79 Å². The summed E-state index contributed by atoms with van der Waals surface area (Å²) in [6, 6.07) is 5.97. The van der Waals surface area contributed by atoms with Crippen molar-refractivity contribution >= 4 is 29.6 Å². The van der Waals surface area contributed by atoms with Crippen LogP contribution in [0.15, 0.2) is 23.4 Å². The Morgan fingerprint density at radius 1 is 1.11 bits per heavy atom. The molecule has 1 amide bonds. The van der Waals surface area contributed by atoms with E-state index in [1.807, 2.05) is 23.1 Å². The lowest BCUT2D eigenvalue weighted by Crippen LogP contribution is -2.32. The molecule has 0 saturated carbocycles. The number of hydrogen-bond acceptors (Lipinski definition) is 9. The third-order valence-corrected chi connectivity index (χ3v) is 5.54. The fraction of sp³-hybridized carbons (Fsp3) is 0.444. The molecular weight excluding hydrogens is 380 g/mol. The molecule has 0 aliphatic carbocycles. The summed E-state index contributed by atoms with van der Waals surface area (Å²) in [5.41, 5.74) is 12.2. The minimum absolute atomic E-state index is 0.0252. The van der Waals surface area contributed by atoms with Gasteiger partial charge >= 0.3 is 0 Å². The molecule has 28 heavy (non-hydrogen) atoms. The number of anilines is 2. The molecule has 4 N–H and O–H groups in total. The largest absolute Gasteiger partial charge is 0.490 e. The highest BCUT2D eigenvalue weighted by Gasteiger charge is 2.30. The standard InChI is InChI=1S/C18H22N6O3S/c19-16-21-17(20)23-18(22-16)28-10-15(25)24-6-1-3-12(24)11-4-5-13-14(9-11)27-8-2-7-26-13/h4-5,9,12H,1-3,6-8,10H2,(H4,19,20,21,22,23)/t12-/m1/s1. The van der Waals surface area contributed by atoms with E-state index in [1.165, 1.54) is 11.8 Å². The molecule has 2 aliphatic rings. The average Bonchev–Trinajstić information content (AvgIpc) is 3.04. The summed E-state index contributed by atoms with van der Waals surface area (Å²) in [7, 11) is 0. The number of nitrogens with zero attached hydrogens (tertiary/aromatic N) is 4. The number of hydrogen-bond donors (Lipinski definition) is 2. The number of likely N-dealkylation sites (tertiary alicyclic amines) is 1. The second kappa shape index (κ2) is 8.09. The lowest BCUT2D eigenvalue weighted by Gasteiger charge is -2.25. The highest BCUT2D eigenvalue weighted by Crippen LogP contribution is 2.38. The van der Waals surface area contributed by atoms with Crippen LogP contribution in [-0.2, 0) is 4.79 Å². The van der Waals surface area contributed by atoms with Crippen molar-refractivity contribution in [2.75, 3.05) is 37.0 Å². The lowest BCUT2D eigenvalue weighted by molar-refractivity contribution is -0.129. The molecule has 2 aromatic rings. The van der Waals surface area contributed by atoms with Gasteiger partial charge in [0.1, 0.15) is 0 Å². The highest BCUT2D eigenvalue weighted by atomic mass is 32.2. The van der Waals surface area contributed by atoms with Crippen molar-refractivity contribution < 1.29 is 14.3 Å². The number of nitrogens with two attached hydrogens (primary N) is 2. The van der Waals surface area contributed by atoms with E-state index >= 15 is 0 Å². The first-order chi connectivity index (χ1) is 13.6. The van der Waals surface area contributed by atoms with E-state index in [2.05, 4.69) is 15.0 Å². The molecule has 148 valence electrons. The first kappa shape index (κ1) is 18.6. The van der Waals surface area contributed by atoms with Gasteiger partial charge in [-0.15, -0.1) is 0 Å². The van der Waals surface area contributed by atoms with Crippen molar-refractivity contribution in [3.05, 3.63) is 23.8 Å². The normalized spacial score (nSPS) is 18.7. The van der Waals surface area contributed by atoms with Crippen LogP contribution in [0.1, 0.15) is 30.9 Å². The number of thioether (sulfide) groups is 1. The van der Waals surface area contributed by atoms with Crippen LogP contribution in [0.4, 0.5) is 11.9 Å². The van der Waals surface area contributed by atoms with Crippen LogP contribution >= 0.6 is 11.8 Å². The number of fused-ring (bicyclic) bond motifs is 1. The fourth-order valence-corrected chi connectivity index (χ4v) is 4.20. The molecule has 0 radical (unpaired) electrons. The topological polar surface area (TPSA) is 129 Å². The molecule has 0 bridgehead atoms. The number of benzene rings is 1. The summed E-state index contributed by atoms with van der Waals surface area (Å²) in [5, 5.41) is 0.352. The second-order valence-corrected chi connectivity index (χ2v) is 7.57. The predicted octanol–water partition coefficient (Wildman–Crippen LogP) is 1.65. The minimum Gasteiger partial charge on any atom is -0.490 e. The molecule has 10 heteroatoms. The average molecular weight is 402 g/mol. The Morgan fingerprint density at radius 3 is 2.64 bits per heavy atom. The van der Waals surface area contributed by atoms with Crippen LogP contribution in [0, 0.1) is 0 Å².